The Balaban J connectivity index is 1.72. The molecule has 0 aliphatic carbocycles. The van der Waals surface area contributed by atoms with Crippen LogP contribution >= 0.6 is 0 Å². The van der Waals surface area contributed by atoms with Crippen molar-refractivity contribution in [1.82, 2.24) is 9.80 Å². The maximum Gasteiger partial charge on any atom is 0.254 e. The van der Waals surface area contributed by atoms with Crippen LogP contribution in [0.5, 0.6) is 0 Å². The van der Waals surface area contributed by atoms with E-state index in [1.807, 2.05) is 14.1 Å². The fourth-order valence-corrected chi connectivity index (χ4v) is 3.46. The summed E-state index contributed by atoms with van der Waals surface area (Å²) >= 11 is 0. The molecule has 2 fully saturated rings. The number of carbonyl (C=O) groups excluding carboxylic acids is 1. The quantitative estimate of drug-likeness (QED) is 0.822. The Bertz CT molecular complexity index is 581. The van der Waals surface area contributed by atoms with Gasteiger partial charge in [0.1, 0.15) is 18.0 Å². The number of likely N-dealkylation sites (N-methyl/N-ethyl adjacent to an activating group) is 1. The summed E-state index contributed by atoms with van der Waals surface area (Å²) in [5.74, 6) is -0.538. The average molecular weight is 336 g/mol. The van der Waals surface area contributed by atoms with E-state index in [9.17, 15) is 9.18 Å². The lowest BCUT2D eigenvalue weighted by Gasteiger charge is -2.32. The molecular formula is C18H25FN2O3. The summed E-state index contributed by atoms with van der Waals surface area (Å²) < 4.78 is 25.3. The third-order valence-electron chi connectivity index (χ3n) is 4.68. The molecule has 2 heterocycles. The molecule has 132 valence electrons. The summed E-state index contributed by atoms with van der Waals surface area (Å²) in [6.07, 6.45) is 1.63. The van der Waals surface area contributed by atoms with Crippen LogP contribution in [0.2, 0.25) is 0 Å². The van der Waals surface area contributed by atoms with Gasteiger partial charge in [-0.15, -0.1) is 0 Å². The van der Waals surface area contributed by atoms with Crippen molar-refractivity contribution in [1.29, 1.82) is 0 Å². The summed E-state index contributed by atoms with van der Waals surface area (Å²) in [6.45, 7) is 2.63. The highest BCUT2D eigenvalue weighted by atomic mass is 19.1. The van der Waals surface area contributed by atoms with Gasteiger partial charge in [-0.25, -0.2) is 4.39 Å². The lowest BCUT2D eigenvalue weighted by molar-refractivity contribution is -0.0776. The van der Waals surface area contributed by atoms with Gasteiger partial charge < -0.3 is 19.3 Å². The summed E-state index contributed by atoms with van der Waals surface area (Å²) in [4.78, 5) is 16.7. The summed E-state index contributed by atoms with van der Waals surface area (Å²) in [6, 6.07) is 5.88. The zero-order valence-electron chi connectivity index (χ0n) is 14.3. The van der Waals surface area contributed by atoms with Gasteiger partial charge in [0.15, 0.2) is 0 Å². The second-order valence-corrected chi connectivity index (χ2v) is 6.73. The van der Waals surface area contributed by atoms with Crippen LogP contribution in [0.3, 0.4) is 0 Å². The first-order chi connectivity index (χ1) is 11.6. The fourth-order valence-electron chi connectivity index (χ4n) is 3.46. The molecule has 0 saturated carbocycles. The molecule has 2 aliphatic rings. The molecule has 2 saturated heterocycles. The third kappa shape index (κ3) is 3.77. The number of hydrogen-bond donors (Lipinski definition) is 0. The first kappa shape index (κ1) is 17.3. The second kappa shape index (κ2) is 7.59. The van der Waals surface area contributed by atoms with Gasteiger partial charge in [0.2, 0.25) is 0 Å². The van der Waals surface area contributed by atoms with E-state index in [0.29, 0.717) is 25.3 Å². The number of ether oxygens (including phenoxy) is 2. The number of amides is 1. The zero-order valence-corrected chi connectivity index (χ0v) is 14.3. The minimum absolute atomic E-state index is 0.0128. The molecule has 2 aliphatic heterocycles. The highest BCUT2D eigenvalue weighted by Crippen LogP contribution is 2.31. The van der Waals surface area contributed by atoms with Crippen LogP contribution in [0.15, 0.2) is 24.3 Å². The van der Waals surface area contributed by atoms with Gasteiger partial charge in [-0.2, -0.15) is 0 Å². The average Bonchev–Trinajstić information content (AvgIpc) is 2.93. The molecule has 1 amide bonds. The molecular weight excluding hydrogens is 311 g/mol. The van der Waals surface area contributed by atoms with Gasteiger partial charge >= 0.3 is 0 Å². The Kier molecular flexibility index (Phi) is 5.48. The highest BCUT2D eigenvalue weighted by Gasteiger charge is 2.46. The van der Waals surface area contributed by atoms with Gasteiger partial charge in [-0.05, 0) is 45.1 Å². The number of likely N-dealkylation sites (tertiary alicyclic amines) is 1. The van der Waals surface area contributed by atoms with Crippen molar-refractivity contribution >= 4 is 5.91 Å². The smallest absolute Gasteiger partial charge is 0.254 e. The van der Waals surface area contributed by atoms with Crippen molar-refractivity contribution in [2.75, 3.05) is 40.4 Å². The Labute approximate surface area is 142 Å². The molecule has 3 rings (SSSR count). The molecule has 0 radical (unpaired) electrons. The molecule has 0 N–H and O–H groups in total. The number of benzene rings is 1. The number of fused-ring (bicyclic) bond motifs is 1. The van der Waals surface area contributed by atoms with Crippen LogP contribution in [0.25, 0.3) is 0 Å². The van der Waals surface area contributed by atoms with Crippen LogP contribution in [0.4, 0.5) is 4.39 Å². The van der Waals surface area contributed by atoms with E-state index >= 15 is 0 Å². The topological polar surface area (TPSA) is 42.0 Å². The van der Waals surface area contributed by atoms with Crippen molar-refractivity contribution < 1.29 is 18.7 Å². The highest BCUT2D eigenvalue weighted by molar-refractivity contribution is 5.94. The standard InChI is InChI=1S/C18H25FN2O3/c1-20(2)8-10-23-16-12-21(15-7-4-9-24-17(15)16)18(22)13-5-3-6-14(19)11-13/h3,5-6,11,15-17H,4,7-10,12H2,1-2H3/t15-,16+,17+/m0/s1. The minimum Gasteiger partial charge on any atom is -0.373 e. The minimum atomic E-state index is -0.393. The van der Waals surface area contributed by atoms with Crippen LogP contribution in [-0.4, -0.2) is 74.4 Å². The Hall–Kier alpha value is -1.50. The predicted molar refractivity (Wildman–Crippen MR) is 88.5 cm³/mol. The monoisotopic (exact) mass is 336 g/mol. The van der Waals surface area contributed by atoms with Crippen LogP contribution < -0.4 is 0 Å². The molecule has 3 atom stereocenters. The molecule has 24 heavy (non-hydrogen) atoms. The van der Waals surface area contributed by atoms with Gasteiger partial charge in [0, 0.05) is 18.7 Å². The Morgan fingerprint density at radius 1 is 1.46 bits per heavy atom. The fraction of sp³-hybridized carbons (Fsp3) is 0.611. The molecule has 0 spiro atoms. The number of halogens is 1. The van der Waals surface area contributed by atoms with Crippen molar-refractivity contribution in [3.63, 3.8) is 0 Å². The second-order valence-electron chi connectivity index (χ2n) is 6.73. The van der Waals surface area contributed by atoms with Crippen molar-refractivity contribution in [2.24, 2.45) is 0 Å². The van der Waals surface area contributed by atoms with E-state index < -0.39 is 5.82 Å². The number of hydrogen-bond acceptors (Lipinski definition) is 4. The lowest BCUT2D eigenvalue weighted by atomic mass is 10.0. The van der Waals surface area contributed by atoms with Crippen molar-refractivity contribution in [3.05, 3.63) is 35.6 Å². The van der Waals surface area contributed by atoms with E-state index in [0.717, 1.165) is 19.4 Å². The van der Waals surface area contributed by atoms with Gasteiger partial charge in [-0.1, -0.05) is 6.07 Å². The molecule has 0 aromatic heterocycles. The molecule has 5 nitrogen and oxygen atoms in total. The molecule has 1 aromatic rings. The lowest BCUT2D eigenvalue weighted by Crippen LogP contribution is -2.44. The van der Waals surface area contributed by atoms with E-state index in [4.69, 9.17) is 9.47 Å². The van der Waals surface area contributed by atoms with E-state index in [-0.39, 0.29) is 24.2 Å². The third-order valence-corrected chi connectivity index (χ3v) is 4.68. The van der Waals surface area contributed by atoms with E-state index in [1.54, 1.807) is 17.0 Å². The Morgan fingerprint density at radius 3 is 3.04 bits per heavy atom. The molecule has 0 unspecified atom stereocenters. The predicted octanol–water partition coefficient (Wildman–Crippen LogP) is 1.78. The van der Waals surface area contributed by atoms with Crippen molar-refractivity contribution in [3.8, 4) is 0 Å². The summed E-state index contributed by atoms with van der Waals surface area (Å²) in [5.41, 5.74) is 0.383. The maximum atomic E-state index is 13.4. The van der Waals surface area contributed by atoms with E-state index in [1.165, 1.54) is 12.1 Å². The Morgan fingerprint density at radius 2 is 2.29 bits per heavy atom. The normalized spacial score (nSPS) is 26.7. The van der Waals surface area contributed by atoms with Crippen molar-refractivity contribution in [2.45, 2.75) is 31.1 Å². The maximum absolute atomic E-state index is 13.4. The van der Waals surface area contributed by atoms with Gasteiger partial charge in [0.05, 0.1) is 19.2 Å². The summed E-state index contributed by atoms with van der Waals surface area (Å²) in [7, 11) is 4.00. The molecule has 1 aromatic carbocycles. The van der Waals surface area contributed by atoms with Crippen LogP contribution in [-0.2, 0) is 9.47 Å². The zero-order chi connectivity index (χ0) is 17.1. The number of carbonyl (C=O) groups is 1. The SMILES string of the molecule is CN(C)CCO[C@@H]1CN(C(=O)c2cccc(F)c2)[C@H]2CCCO[C@@H]12. The number of nitrogens with zero attached hydrogens (tertiary/aromatic N) is 2. The van der Waals surface area contributed by atoms with Gasteiger partial charge in [0.25, 0.3) is 5.91 Å². The number of rotatable bonds is 5. The van der Waals surface area contributed by atoms with Crippen LogP contribution in [0.1, 0.15) is 23.2 Å². The largest absolute Gasteiger partial charge is 0.373 e. The summed E-state index contributed by atoms with van der Waals surface area (Å²) in [5, 5.41) is 0. The molecule has 6 heteroatoms. The molecule has 0 bridgehead atoms. The van der Waals surface area contributed by atoms with E-state index in [2.05, 4.69) is 4.90 Å². The van der Waals surface area contributed by atoms with Gasteiger partial charge in [-0.3, -0.25) is 4.79 Å². The van der Waals surface area contributed by atoms with Crippen LogP contribution in [0, 0.1) is 5.82 Å². The first-order valence-electron chi connectivity index (χ1n) is 8.51. The first-order valence-corrected chi connectivity index (χ1v) is 8.51.